The maximum absolute atomic E-state index is 11.2. The smallest absolute Gasteiger partial charge is 0.264 e. The van der Waals surface area contributed by atoms with E-state index in [-0.39, 0.29) is 5.91 Å². The van der Waals surface area contributed by atoms with Gasteiger partial charge in [0.1, 0.15) is 33.9 Å². The Morgan fingerprint density at radius 2 is 0.972 bits per heavy atom. The molecule has 6 aliphatic heterocycles. The van der Waals surface area contributed by atoms with Crippen LogP contribution in [-0.2, 0) is 24.3 Å². The predicted molar refractivity (Wildman–Crippen MR) is 433 cm³/mol. The standard InChI is InChI=1S/C10H9NO.2C10H9NS.2C9H8N2O.C9H8N2S.C8H7N3.C8H9NO3S.C8H9NO/c2*1-8-7-12-10(11-8)9-5-3-2-4-6-9;1-8-7-11-10(12-8)9-5-3-2-4-6-9;1-7-10-11-9(12-7)8-5-3-2-4-6-8;2*1-7-10-9(11-12-7)8-5-3-2-4-6-8;1-2-4-7(5-3-1)8-9-6-10-11-8;1-13(11,12)9-8(10)7-5-3-2-4-6-7;1-9-8(10)7-5-3-2-4-6-7/h3*2-6H,1,7H2;2-6,10H,1H2;2*2-6H,1H2,(H,10,11);1-6H,(H,9,10,11);2-6H,1H3,(H,9,10);2-6H,1H3,(H,9,10). The number of hydrazone groups is 1. The Bertz CT molecular complexity index is 4520. The van der Waals surface area contributed by atoms with Crippen LogP contribution in [0.3, 0.4) is 0 Å². The number of amidine groups is 2. The average Bonchev–Trinajstić information content (AvgIpc) is 1.90. The number of hydrogen-bond donors (Lipinski definition) is 6. The Hall–Kier alpha value is -12.7. The molecule has 0 saturated carbocycles. The lowest BCUT2D eigenvalue weighted by molar-refractivity contribution is 0.0959. The second kappa shape index (κ2) is 42.7. The first-order valence-electron chi connectivity index (χ1n) is 32.3. The van der Waals surface area contributed by atoms with E-state index in [4.69, 9.17) is 14.3 Å². The van der Waals surface area contributed by atoms with Gasteiger partial charge in [-0.2, -0.15) is 10.1 Å². The van der Waals surface area contributed by atoms with Crippen LogP contribution in [-0.4, -0.2) is 101 Å². The van der Waals surface area contributed by atoms with E-state index < -0.39 is 15.9 Å². The number of amides is 2. The lowest BCUT2D eigenvalue weighted by Crippen LogP contribution is -2.29. The van der Waals surface area contributed by atoms with Gasteiger partial charge >= 0.3 is 0 Å². The van der Waals surface area contributed by atoms with Crippen molar-refractivity contribution < 1.29 is 32.3 Å². The zero-order chi connectivity index (χ0) is 75.1. The van der Waals surface area contributed by atoms with E-state index in [1.165, 1.54) is 29.4 Å². The molecule has 536 valence electrons. The number of sulfonamides is 1. The third-order valence-corrected chi connectivity index (χ3v) is 16.9. The molecule has 16 rings (SSSR count). The highest BCUT2D eigenvalue weighted by molar-refractivity contribution is 8.18. The molecule has 0 spiro atoms. The van der Waals surface area contributed by atoms with Crippen LogP contribution in [0, 0.1) is 0 Å². The van der Waals surface area contributed by atoms with E-state index in [0.717, 1.165) is 89.4 Å². The molecular weight excluding hydrogens is 1410 g/mol. The van der Waals surface area contributed by atoms with Crippen molar-refractivity contribution in [2.75, 3.05) is 32.2 Å². The number of hydrogen-bond acceptors (Lipinski definition) is 21. The van der Waals surface area contributed by atoms with Crippen molar-refractivity contribution in [3.63, 3.8) is 0 Å². The number of aromatic amines is 1. The van der Waals surface area contributed by atoms with Gasteiger partial charge in [0, 0.05) is 85.4 Å². The maximum atomic E-state index is 11.2. The molecule has 0 bridgehead atoms. The summed E-state index contributed by atoms with van der Waals surface area (Å²) in [6.45, 7) is 23.6. The fourth-order valence-corrected chi connectivity index (χ4v) is 11.4. The molecule has 9 aromatic carbocycles. The second-order valence-corrected chi connectivity index (χ2v) is 26.6. The van der Waals surface area contributed by atoms with Gasteiger partial charge in [0.25, 0.3) is 11.8 Å². The first kappa shape index (κ1) is 79.0. The fraction of sp³-hybridized carbons (Fsp3) is 0.0617. The zero-order valence-corrected chi connectivity index (χ0v) is 61.3. The van der Waals surface area contributed by atoms with Crippen molar-refractivity contribution in [3.05, 3.63) is 396 Å². The summed E-state index contributed by atoms with van der Waals surface area (Å²) in [5.74, 6) is 4.81. The minimum atomic E-state index is -3.47. The molecule has 10 aromatic rings. The number of thioether (sulfide) groups is 2. The average molecular weight is 1490 g/mol. The van der Waals surface area contributed by atoms with Gasteiger partial charge < -0.3 is 24.4 Å². The number of nitrogens with one attached hydrogen (secondary N) is 6. The molecule has 1 aromatic heterocycles. The molecular formula is C81H76N14O7S4. The van der Waals surface area contributed by atoms with Crippen LogP contribution in [0.4, 0.5) is 0 Å². The highest BCUT2D eigenvalue weighted by atomic mass is 32.2. The van der Waals surface area contributed by atoms with Gasteiger partial charge in [-0.25, -0.2) is 44.0 Å². The van der Waals surface area contributed by atoms with E-state index in [2.05, 4.69) is 130 Å². The summed E-state index contributed by atoms with van der Waals surface area (Å²) in [7, 11) is -1.85. The summed E-state index contributed by atoms with van der Waals surface area (Å²) in [6.07, 6.45) is 2.44. The first-order valence-corrected chi connectivity index (χ1v) is 36.9. The van der Waals surface area contributed by atoms with Crippen molar-refractivity contribution in [2.45, 2.75) is 0 Å². The SMILES string of the molecule is C=C1CN=C(c2ccccc2)S1.C=C1COC(c2ccccc2)=N1.C=C1CSC(c2ccccc2)=N1.C=C1N=C(c2ccccc2)NO1.C=C1N=C(c2ccccc2)NS1.C=C1NN=C(c2ccccc2)O1.CNC(=O)c1ccccc1.CS(=O)(=O)NC(=O)c1ccccc1.c1ccc(-c2ncn[nH]2)cc1. The third-order valence-electron chi connectivity index (χ3n) is 13.6. The Labute approximate surface area is 630 Å². The number of carbonyl (C=O) groups is 2. The Morgan fingerprint density at radius 1 is 0.509 bits per heavy atom. The lowest BCUT2D eigenvalue weighted by atomic mass is 10.2. The van der Waals surface area contributed by atoms with Crippen LogP contribution < -0.4 is 25.7 Å². The monoisotopic (exact) mass is 1480 g/mol. The van der Waals surface area contributed by atoms with Crippen molar-refractivity contribution >= 4 is 90.9 Å². The molecule has 6 aliphatic rings. The van der Waals surface area contributed by atoms with Gasteiger partial charge in [-0.3, -0.25) is 19.7 Å². The molecule has 25 heteroatoms. The number of aliphatic imine (C=N–C) groups is 5. The van der Waals surface area contributed by atoms with Gasteiger partial charge in [0.15, 0.2) is 11.7 Å². The molecule has 0 saturated heterocycles. The van der Waals surface area contributed by atoms with Crippen LogP contribution in [0.15, 0.2) is 382 Å². The van der Waals surface area contributed by atoms with Crippen LogP contribution >= 0.6 is 35.5 Å². The van der Waals surface area contributed by atoms with Crippen LogP contribution in [0.2, 0.25) is 0 Å². The quantitative estimate of drug-likeness (QED) is 0.0695. The molecule has 7 heterocycles. The number of carbonyl (C=O) groups excluding carboxylic acids is 2. The summed E-state index contributed by atoms with van der Waals surface area (Å²) < 4.78 is 36.8. The largest absolute Gasteiger partial charge is 0.471 e. The summed E-state index contributed by atoms with van der Waals surface area (Å²) in [4.78, 5) is 53.2. The van der Waals surface area contributed by atoms with E-state index >= 15 is 0 Å². The summed E-state index contributed by atoms with van der Waals surface area (Å²) in [5, 5.41) is 16.0. The number of aromatic nitrogens is 3. The van der Waals surface area contributed by atoms with E-state index in [9.17, 15) is 18.0 Å². The number of benzene rings is 9. The second-order valence-electron chi connectivity index (χ2n) is 21.9. The summed E-state index contributed by atoms with van der Waals surface area (Å²) >= 11 is 4.88. The molecule has 106 heavy (non-hydrogen) atoms. The summed E-state index contributed by atoms with van der Waals surface area (Å²) in [6, 6.07) is 86.8. The molecule has 2 amide bonds. The summed E-state index contributed by atoms with van der Waals surface area (Å²) in [5.41, 5.74) is 15.6. The van der Waals surface area contributed by atoms with Crippen molar-refractivity contribution in [2.24, 2.45) is 30.1 Å². The van der Waals surface area contributed by atoms with Crippen molar-refractivity contribution in [1.29, 1.82) is 0 Å². The van der Waals surface area contributed by atoms with Crippen molar-refractivity contribution in [1.82, 2.24) is 40.8 Å². The highest BCUT2D eigenvalue weighted by Crippen LogP contribution is 2.28. The van der Waals surface area contributed by atoms with Gasteiger partial charge in [0.05, 0.1) is 18.5 Å². The lowest BCUT2D eigenvalue weighted by Gasteiger charge is -2.00. The number of rotatable bonds is 10. The maximum Gasteiger partial charge on any atom is 0.264 e. The Morgan fingerprint density at radius 3 is 1.36 bits per heavy atom. The van der Waals surface area contributed by atoms with E-state index in [1.807, 2.05) is 211 Å². The number of H-pyrrole nitrogens is 1. The predicted octanol–water partition coefficient (Wildman–Crippen LogP) is 15.3. The molecule has 0 atom stereocenters. The topological polar surface area (TPSA) is 272 Å². The first-order chi connectivity index (χ1) is 51.5. The molecule has 0 radical (unpaired) electrons. The number of ether oxygens (including phenoxy) is 2. The minimum Gasteiger partial charge on any atom is -0.471 e. The van der Waals surface area contributed by atoms with Gasteiger partial charge in [-0.05, 0) is 61.7 Å². The Balaban J connectivity index is 0.000000151. The minimum absolute atomic E-state index is 0.0411. The van der Waals surface area contributed by atoms with Gasteiger partial charge in [-0.15, -0.1) is 5.10 Å². The van der Waals surface area contributed by atoms with Gasteiger partial charge in [0.2, 0.25) is 33.6 Å². The van der Waals surface area contributed by atoms with Gasteiger partial charge in [-0.1, -0.05) is 274 Å². The van der Waals surface area contributed by atoms with Crippen molar-refractivity contribution in [3.8, 4) is 11.4 Å². The van der Waals surface area contributed by atoms with Crippen LogP contribution in [0.5, 0.6) is 0 Å². The normalized spacial score (nSPS) is 13.8. The van der Waals surface area contributed by atoms with Crippen LogP contribution in [0.25, 0.3) is 11.4 Å². The molecule has 21 nitrogen and oxygen atoms in total. The van der Waals surface area contributed by atoms with E-state index in [0.29, 0.717) is 47.1 Å². The third kappa shape index (κ3) is 27.9. The van der Waals surface area contributed by atoms with E-state index in [1.54, 1.807) is 73.0 Å². The number of hydroxylamine groups is 1. The zero-order valence-electron chi connectivity index (χ0n) is 58.0. The molecule has 0 unspecified atom stereocenters. The highest BCUT2D eigenvalue weighted by Gasteiger charge is 2.17. The number of nitrogens with zero attached hydrogens (tertiary/aromatic N) is 8. The fourth-order valence-electron chi connectivity index (χ4n) is 8.73. The molecule has 0 fully saturated rings. The van der Waals surface area contributed by atoms with Crippen LogP contribution in [0.1, 0.15) is 54.1 Å². The Kier molecular flexibility index (Phi) is 31.8. The molecule has 6 N–H and O–H groups in total. The molecule has 0 aliphatic carbocycles.